The average molecular weight is 267 g/mol. The number of benzene rings is 1. The lowest BCUT2D eigenvalue weighted by atomic mass is 9.93. The van der Waals surface area contributed by atoms with E-state index in [0.29, 0.717) is 11.6 Å². The molecule has 2 aromatic rings. The third kappa shape index (κ3) is 2.08. The fraction of sp³-hybridized carbons (Fsp3) is 0.400. The van der Waals surface area contributed by atoms with Crippen molar-refractivity contribution in [3.8, 4) is 6.07 Å². The van der Waals surface area contributed by atoms with Gasteiger partial charge in [-0.25, -0.2) is 0 Å². The predicted octanol–water partition coefficient (Wildman–Crippen LogP) is 1.67. The molecule has 20 heavy (non-hydrogen) atoms. The Morgan fingerprint density at radius 2 is 2.15 bits per heavy atom. The van der Waals surface area contributed by atoms with Crippen molar-refractivity contribution < 1.29 is 0 Å². The Morgan fingerprint density at radius 1 is 1.35 bits per heavy atom. The smallest absolute Gasteiger partial charge is 0.187 e. The molecule has 2 N–H and O–H groups in total. The van der Waals surface area contributed by atoms with Gasteiger partial charge in [0.05, 0.1) is 11.2 Å². The molecule has 0 bridgehead atoms. The van der Waals surface area contributed by atoms with E-state index in [4.69, 9.17) is 5.73 Å². The van der Waals surface area contributed by atoms with Gasteiger partial charge in [-0.1, -0.05) is 25.1 Å². The normalized spacial score (nSPS) is 22.8. The van der Waals surface area contributed by atoms with Crippen LogP contribution >= 0.6 is 0 Å². The lowest BCUT2D eigenvalue weighted by Gasteiger charge is -2.37. The van der Waals surface area contributed by atoms with Gasteiger partial charge in [0, 0.05) is 24.5 Å². The van der Waals surface area contributed by atoms with E-state index in [0.717, 1.165) is 36.1 Å². The van der Waals surface area contributed by atoms with Crippen LogP contribution in [-0.2, 0) is 0 Å². The number of hydrogen-bond acceptors (Lipinski definition) is 5. The molecule has 2 atom stereocenters. The van der Waals surface area contributed by atoms with Crippen LogP contribution in [0.3, 0.4) is 0 Å². The maximum atomic E-state index is 9.32. The Morgan fingerprint density at radius 3 is 2.90 bits per heavy atom. The molecule has 1 aliphatic rings. The second-order valence-electron chi connectivity index (χ2n) is 5.40. The summed E-state index contributed by atoms with van der Waals surface area (Å²) in [6.45, 7) is 3.83. The summed E-state index contributed by atoms with van der Waals surface area (Å²) in [5, 5.41) is 18.5. The summed E-state index contributed by atoms with van der Waals surface area (Å²) in [6, 6.07) is 10.1. The first-order valence-electron chi connectivity index (χ1n) is 6.86. The van der Waals surface area contributed by atoms with Crippen LogP contribution in [0.4, 0.5) is 5.69 Å². The molecular weight excluding hydrogens is 250 g/mol. The van der Waals surface area contributed by atoms with Gasteiger partial charge in [0.1, 0.15) is 6.07 Å². The van der Waals surface area contributed by atoms with Crippen molar-refractivity contribution in [2.75, 3.05) is 18.0 Å². The summed E-state index contributed by atoms with van der Waals surface area (Å²) in [6.07, 6.45) is 1.03. The molecular formula is C15H17N5. The van der Waals surface area contributed by atoms with E-state index in [-0.39, 0.29) is 6.04 Å². The lowest BCUT2D eigenvalue weighted by Crippen LogP contribution is -2.48. The van der Waals surface area contributed by atoms with Crippen molar-refractivity contribution in [3.63, 3.8) is 0 Å². The van der Waals surface area contributed by atoms with E-state index in [1.807, 2.05) is 24.3 Å². The Hall–Kier alpha value is -2.19. The highest BCUT2D eigenvalue weighted by Crippen LogP contribution is 2.30. The van der Waals surface area contributed by atoms with E-state index >= 15 is 0 Å². The number of rotatable bonds is 1. The molecule has 2 unspecified atom stereocenters. The molecule has 1 aliphatic heterocycles. The first kappa shape index (κ1) is 12.8. The molecule has 0 amide bonds. The van der Waals surface area contributed by atoms with Gasteiger partial charge in [-0.05, 0) is 18.4 Å². The molecule has 1 aromatic carbocycles. The highest BCUT2D eigenvalue weighted by Gasteiger charge is 2.26. The molecule has 5 heteroatoms. The monoisotopic (exact) mass is 267 g/mol. The highest BCUT2D eigenvalue weighted by atomic mass is 15.2. The first-order chi connectivity index (χ1) is 9.70. The summed E-state index contributed by atoms with van der Waals surface area (Å²) >= 11 is 0. The van der Waals surface area contributed by atoms with Crippen molar-refractivity contribution in [2.45, 2.75) is 19.4 Å². The summed E-state index contributed by atoms with van der Waals surface area (Å²) in [5.41, 5.74) is 8.25. The molecule has 0 aliphatic carbocycles. The Bertz CT molecular complexity index is 676. The minimum Gasteiger partial charge on any atom is -0.367 e. The lowest BCUT2D eigenvalue weighted by molar-refractivity contribution is 0.379. The second kappa shape index (κ2) is 5.06. The number of piperidine rings is 1. The maximum absolute atomic E-state index is 9.32. The van der Waals surface area contributed by atoms with Gasteiger partial charge < -0.3 is 10.6 Å². The van der Waals surface area contributed by atoms with Crippen LogP contribution in [0.15, 0.2) is 24.3 Å². The molecule has 102 valence electrons. The van der Waals surface area contributed by atoms with Crippen molar-refractivity contribution in [2.24, 2.45) is 11.7 Å². The molecule has 0 radical (unpaired) electrons. The SMILES string of the molecule is CC1CCN(c2c(C#N)nnc3ccccc23)CC1N. The van der Waals surface area contributed by atoms with Gasteiger partial charge in [-0.3, -0.25) is 0 Å². The summed E-state index contributed by atoms with van der Waals surface area (Å²) in [5.74, 6) is 0.512. The van der Waals surface area contributed by atoms with Gasteiger partial charge in [0.25, 0.3) is 0 Å². The molecule has 0 saturated carbocycles. The topological polar surface area (TPSA) is 78.8 Å². The van der Waals surface area contributed by atoms with Crippen LogP contribution in [0.2, 0.25) is 0 Å². The van der Waals surface area contributed by atoms with Crippen LogP contribution in [-0.4, -0.2) is 29.3 Å². The summed E-state index contributed by atoms with van der Waals surface area (Å²) in [7, 11) is 0. The molecule has 3 rings (SSSR count). The number of anilines is 1. The van der Waals surface area contributed by atoms with Crippen molar-refractivity contribution >= 4 is 16.6 Å². The van der Waals surface area contributed by atoms with E-state index in [2.05, 4.69) is 28.1 Å². The number of nitriles is 1. The molecule has 1 aromatic heterocycles. The average Bonchev–Trinajstić information content (AvgIpc) is 2.49. The molecule has 5 nitrogen and oxygen atoms in total. The standard InChI is InChI=1S/C15H17N5/c1-10-6-7-20(9-12(10)17)15-11-4-2-3-5-13(11)18-19-14(15)8-16/h2-5,10,12H,6-7,9,17H2,1H3. The van der Waals surface area contributed by atoms with Gasteiger partial charge in [-0.2, -0.15) is 5.26 Å². The van der Waals surface area contributed by atoms with Crippen molar-refractivity contribution in [1.29, 1.82) is 5.26 Å². The van der Waals surface area contributed by atoms with Crippen LogP contribution in [0, 0.1) is 17.2 Å². The molecule has 0 spiro atoms. The number of hydrogen-bond donors (Lipinski definition) is 1. The quantitative estimate of drug-likeness (QED) is 0.850. The summed E-state index contributed by atoms with van der Waals surface area (Å²) in [4.78, 5) is 2.18. The number of nitrogens with zero attached hydrogens (tertiary/aromatic N) is 4. The minimum absolute atomic E-state index is 0.127. The maximum Gasteiger partial charge on any atom is 0.187 e. The van der Waals surface area contributed by atoms with Crippen LogP contribution in [0.1, 0.15) is 19.0 Å². The van der Waals surface area contributed by atoms with E-state index in [1.54, 1.807) is 0 Å². The van der Waals surface area contributed by atoms with Gasteiger partial charge in [-0.15, -0.1) is 10.2 Å². The number of nitrogens with two attached hydrogens (primary N) is 1. The van der Waals surface area contributed by atoms with Gasteiger partial charge in [0.2, 0.25) is 0 Å². The van der Waals surface area contributed by atoms with Crippen LogP contribution in [0.5, 0.6) is 0 Å². The Labute approximate surface area is 118 Å². The number of fused-ring (bicyclic) bond motifs is 1. The zero-order valence-electron chi connectivity index (χ0n) is 11.5. The Balaban J connectivity index is 2.12. The third-order valence-electron chi connectivity index (χ3n) is 4.08. The van der Waals surface area contributed by atoms with E-state index in [9.17, 15) is 5.26 Å². The van der Waals surface area contributed by atoms with Crippen molar-refractivity contribution in [3.05, 3.63) is 30.0 Å². The van der Waals surface area contributed by atoms with Crippen molar-refractivity contribution in [1.82, 2.24) is 10.2 Å². The third-order valence-corrected chi connectivity index (χ3v) is 4.08. The second-order valence-corrected chi connectivity index (χ2v) is 5.40. The fourth-order valence-electron chi connectivity index (χ4n) is 2.74. The highest BCUT2D eigenvalue weighted by molar-refractivity contribution is 5.93. The zero-order valence-corrected chi connectivity index (χ0v) is 11.5. The Kier molecular flexibility index (Phi) is 3.25. The van der Waals surface area contributed by atoms with Gasteiger partial charge >= 0.3 is 0 Å². The van der Waals surface area contributed by atoms with Crippen LogP contribution < -0.4 is 10.6 Å². The van der Waals surface area contributed by atoms with Crippen LogP contribution in [0.25, 0.3) is 10.9 Å². The molecule has 1 fully saturated rings. The van der Waals surface area contributed by atoms with E-state index < -0.39 is 0 Å². The fourth-order valence-corrected chi connectivity index (χ4v) is 2.74. The van der Waals surface area contributed by atoms with Gasteiger partial charge in [0.15, 0.2) is 5.69 Å². The molecule has 1 saturated heterocycles. The predicted molar refractivity (Wildman–Crippen MR) is 78.2 cm³/mol. The van der Waals surface area contributed by atoms with E-state index in [1.165, 1.54) is 0 Å². The molecule has 2 heterocycles. The first-order valence-corrected chi connectivity index (χ1v) is 6.86. The zero-order chi connectivity index (χ0) is 14.1. The summed E-state index contributed by atoms with van der Waals surface area (Å²) < 4.78 is 0. The minimum atomic E-state index is 0.127. The number of aromatic nitrogens is 2. The largest absolute Gasteiger partial charge is 0.367 e.